The summed E-state index contributed by atoms with van der Waals surface area (Å²) in [5.41, 5.74) is 2.92. The Morgan fingerprint density at radius 3 is 2.33 bits per heavy atom. The highest BCUT2D eigenvalue weighted by Gasteiger charge is 2.12. The molecule has 0 saturated heterocycles. The van der Waals surface area contributed by atoms with E-state index in [2.05, 4.69) is 9.97 Å². The van der Waals surface area contributed by atoms with Crippen LogP contribution < -0.4 is 0 Å². The Labute approximate surface area is 131 Å². The van der Waals surface area contributed by atoms with Crippen LogP contribution in [0.2, 0.25) is 10.2 Å². The molecule has 21 heavy (non-hydrogen) atoms. The Bertz CT molecular complexity index is 842. The fourth-order valence-corrected chi connectivity index (χ4v) is 2.82. The van der Waals surface area contributed by atoms with Gasteiger partial charge in [-0.3, -0.25) is 0 Å². The van der Waals surface area contributed by atoms with Crippen LogP contribution in [0.15, 0.2) is 30.3 Å². The van der Waals surface area contributed by atoms with E-state index in [1.165, 1.54) is 12.1 Å². The number of nitrogens with zero attached hydrogens (tertiary/aromatic N) is 2. The van der Waals surface area contributed by atoms with Crippen molar-refractivity contribution in [3.8, 4) is 11.4 Å². The first-order chi connectivity index (χ1) is 9.94. The second-order valence-corrected chi connectivity index (χ2v) is 5.76. The van der Waals surface area contributed by atoms with Crippen molar-refractivity contribution in [2.45, 2.75) is 13.8 Å². The van der Waals surface area contributed by atoms with Gasteiger partial charge in [0.15, 0.2) is 5.82 Å². The summed E-state index contributed by atoms with van der Waals surface area (Å²) in [6, 6.07) is 8.33. The lowest BCUT2D eigenvalue weighted by Gasteiger charge is -2.08. The fourth-order valence-electron chi connectivity index (χ4n) is 2.28. The largest absolute Gasteiger partial charge is 0.226 e. The number of hydrogen-bond acceptors (Lipinski definition) is 2. The topological polar surface area (TPSA) is 25.8 Å². The highest BCUT2D eigenvalue weighted by Crippen LogP contribution is 2.30. The van der Waals surface area contributed by atoms with Crippen LogP contribution in [0.25, 0.3) is 22.3 Å². The minimum Gasteiger partial charge on any atom is -0.226 e. The van der Waals surface area contributed by atoms with E-state index in [9.17, 15) is 4.39 Å². The third kappa shape index (κ3) is 2.71. The number of benzene rings is 2. The van der Waals surface area contributed by atoms with Gasteiger partial charge in [0.25, 0.3) is 0 Å². The van der Waals surface area contributed by atoms with E-state index in [1.807, 2.05) is 32.0 Å². The molecule has 0 atom stereocenters. The van der Waals surface area contributed by atoms with Crippen molar-refractivity contribution in [2.75, 3.05) is 0 Å². The van der Waals surface area contributed by atoms with Crippen molar-refractivity contribution in [1.82, 2.24) is 9.97 Å². The summed E-state index contributed by atoms with van der Waals surface area (Å²) in [6.45, 7) is 3.73. The van der Waals surface area contributed by atoms with Crippen LogP contribution in [-0.4, -0.2) is 9.97 Å². The van der Waals surface area contributed by atoms with Gasteiger partial charge < -0.3 is 0 Å². The van der Waals surface area contributed by atoms with Crippen molar-refractivity contribution in [2.24, 2.45) is 0 Å². The van der Waals surface area contributed by atoms with E-state index in [4.69, 9.17) is 23.2 Å². The zero-order valence-electron chi connectivity index (χ0n) is 11.4. The molecule has 0 radical (unpaired) electrons. The molecular formula is C16H11Cl2FN2. The lowest BCUT2D eigenvalue weighted by atomic mass is 10.1. The predicted octanol–water partition coefficient (Wildman–Crippen LogP) is 5.36. The molecule has 0 aliphatic heterocycles. The maximum absolute atomic E-state index is 13.5. The molecule has 0 amide bonds. The van der Waals surface area contributed by atoms with Gasteiger partial charge in [-0.25, -0.2) is 14.4 Å². The van der Waals surface area contributed by atoms with Crippen LogP contribution in [-0.2, 0) is 0 Å². The molecule has 3 aromatic rings. The molecule has 5 heteroatoms. The van der Waals surface area contributed by atoms with E-state index in [0.29, 0.717) is 32.5 Å². The van der Waals surface area contributed by atoms with E-state index in [0.717, 1.165) is 11.1 Å². The van der Waals surface area contributed by atoms with Crippen LogP contribution in [0, 0.1) is 19.7 Å². The van der Waals surface area contributed by atoms with Gasteiger partial charge in [0.2, 0.25) is 0 Å². The molecule has 1 heterocycles. The fraction of sp³-hybridized carbons (Fsp3) is 0.125. The number of fused-ring (bicyclic) bond motifs is 1. The molecule has 0 aliphatic carbocycles. The highest BCUT2D eigenvalue weighted by atomic mass is 35.5. The lowest BCUT2D eigenvalue weighted by Crippen LogP contribution is -1.94. The first-order valence-corrected chi connectivity index (χ1v) is 7.10. The Kier molecular flexibility index (Phi) is 3.56. The lowest BCUT2D eigenvalue weighted by molar-refractivity contribution is 0.627. The summed E-state index contributed by atoms with van der Waals surface area (Å²) >= 11 is 12.5. The van der Waals surface area contributed by atoms with Crippen molar-refractivity contribution < 1.29 is 4.39 Å². The molecule has 106 valence electrons. The van der Waals surface area contributed by atoms with Gasteiger partial charge in [0.05, 0.1) is 10.5 Å². The van der Waals surface area contributed by atoms with Gasteiger partial charge in [0, 0.05) is 10.9 Å². The van der Waals surface area contributed by atoms with E-state index in [1.54, 1.807) is 0 Å². The molecule has 0 aliphatic rings. The van der Waals surface area contributed by atoms with Crippen molar-refractivity contribution >= 4 is 34.1 Å². The molecule has 0 unspecified atom stereocenters. The van der Waals surface area contributed by atoms with Crippen LogP contribution >= 0.6 is 23.2 Å². The Balaban J connectivity index is 2.30. The number of rotatable bonds is 1. The summed E-state index contributed by atoms with van der Waals surface area (Å²) in [5.74, 6) is 0.0284. The van der Waals surface area contributed by atoms with Crippen LogP contribution in [0.1, 0.15) is 11.1 Å². The summed E-state index contributed by atoms with van der Waals surface area (Å²) in [7, 11) is 0. The molecule has 0 N–H and O–H groups in total. The molecule has 0 bridgehead atoms. The summed E-state index contributed by atoms with van der Waals surface area (Å²) in [4.78, 5) is 8.70. The molecule has 3 rings (SSSR count). The molecule has 2 aromatic carbocycles. The second-order valence-electron chi connectivity index (χ2n) is 5.00. The maximum Gasteiger partial charge on any atom is 0.161 e. The molecule has 1 aromatic heterocycles. The first kappa shape index (κ1) is 14.2. The predicted molar refractivity (Wildman–Crippen MR) is 84.4 cm³/mol. The van der Waals surface area contributed by atoms with E-state index < -0.39 is 0 Å². The summed E-state index contributed by atoms with van der Waals surface area (Å²) < 4.78 is 13.5. The minimum absolute atomic E-state index is 0.308. The van der Waals surface area contributed by atoms with Crippen LogP contribution in [0.5, 0.6) is 0 Å². The normalized spacial score (nSPS) is 11.1. The molecule has 0 saturated carbocycles. The van der Waals surface area contributed by atoms with Crippen molar-refractivity contribution in [1.29, 1.82) is 0 Å². The zero-order valence-corrected chi connectivity index (χ0v) is 12.9. The van der Waals surface area contributed by atoms with Gasteiger partial charge in [-0.1, -0.05) is 23.2 Å². The van der Waals surface area contributed by atoms with Gasteiger partial charge in [0.1, 0.15) is 11.0 Å². The molecule has 2 nitrogen and oxygen atoms in total. The minimum atomic E-state index is -0.333. The second kappa shape index (κ2) is 5.24. The monoisotopic (exact) mass is 320 g/mol. The van der Waals surface area contributed by atoms with Gasteiger partial charge in [-0.05, 0) is 55.3 Å². The molecule has 0 spiro atoms. The van der Waals surface area contributed by atoms with E-state index in [-0.39, 0.29) is 5.82 Å². The number of halogens is 3. The zero-order chi connectivity index (χ0) is 15.1. The standard InChI is InChI=1S/C16H11Cl2FN2/c1-8-3-10(7-11(19)4-8)16-20-14-12(15(18)21-16)5-9(2)6-13(14)17/h3-7H,1-2H3. The van der Waals surface area contributed by atoms with Gasteiger partial charge in [-0.15, -0.1) is 0 Å². The first-order valence-electron chi connectivity index (χ1n) is 6.35. The molecular weight excluding hydrogens is 310 g/mol. The number of aromatic nitrogens is 2. The number of aryl methyl sites for hydroxylation is 2. The smallest absolute Gasteiger partial charge is 0.161 e. The SMILES string of the molecule is Cc1cc(F)cc(-c2nc(Cl)c3cc(C)cc(Cl)c3n2)c1. The van der Waals surface area contributed by atoms with Gasteiger partial charge in [-0.2, -0.15) is 0 Å². The van der Waals surface area contributed by atoms with Crippen molar-refractivity contribution in [3.63, 3.8) is 0 Å². The Morgan fingerprint density at radius 2 is 1.62 bits per heavy atom. The average Bonchev–Trinajstić information content (AvgIpc) is 2.38. The quantitative estimate of drug-likeness (QED) is 0.564. The van der Waals surface area contributed by atoms with E-state index >= 15 is 0 Å². The van der Waals surface area contributed by atoms with Gasteiger partial charge >= 0.3 is 0 Å². The van der Waals surface area contributed by atoms with Crippen LogP contribution in [0.4, 0.5) is 4.39 Å². The Morgan fingerprint density at radius 1 is 0.905 bits per heavy atom. The number of hydrogen-bond donors (Lipinski definition) is 0. The summed E-state index contributed by atoms with van der Waals surface area (Å²) in [6.07, 6.45) is 0. The Hall–Kier alpha value is -1.71. The maximum atomic E-state index is 13.5. The average molecular weight is 321 g/mol. The third-order valence-corrected chi connectivity index (χ3v) is 3.73. The van der Waals surface area contributed by atoms with Crippen LogP contribution in [0.3, 0.4) is 0 Å². The summed E-state index contributed by atoms with van der Waals surface area (Å²) in [5, 5.41) is 1.50. The molecule has 0 fully saturated rings. The van der Waals surface area contributed by atoms with Crippen molar-refractivity contribution in [3.05, 3.63) is 57.5 Å². The third-order valence-electron chi connectivity index (χ3n) is 3.15. The highest BCUT2D eigenvalue weighted by molar-refractivity contribution is 6.38.